The van der Waals surface area contributed by atoms with Crippen LogP contribution in [0.5, 0.6) is 5.75 Å². The zero-order valence-electron chi connectivity index (χ0n) is 15.1. The molecular weight excluding hydrogens is 366 g/mol. The summed E-state index contributed by atoms with van der Waals surface area (Å²) in [6.45, 7) is 1.75. The fraction of sp³-hybridized carbons (Fsp3) is 0.273. The first-order valence-corrected chi connectivity index (χ1v) is 9.21. The van der Waals surface area contributed by atoms with Crippen molar-refractivity contribution in [3.05, 3.63) is 74.1 Å². The molecule has 0 saturated carbocycles. The number of ketones is 1. The van der Waals surface area contributed by atoms with Crippen molar-refractivity contribution < 1.29 is 22.7 Å². The van der Waals surface area contributed by atoms with E-state index in [1.807, 2.05) is 0 Å². The lowest BCUT2D eigenvalue weighted by Gasteiger charge is -2.28. The van der Waals surface area contributed by atoms with Crippen LogP contribution in [-0.4, -0.2) is 5.78 Å². The molecule has 5 rings (SSSR count). The van der Waals surface area contributed by atoms with Gasteiger partial charge in [-0.3, -0.25) is 4.79 Å². The third-order valence-corrected chi connectivity index (χ3v) is 5.63. The summed E-state index contributed by atoms with van der Waals surface area (Å²) in [5.41, 5.74) is 2.48. The van der Waals surface area contributed by atoms with Gasteiger partial charge in [0.1, 0.15) is 29.1 Å². The SMILES string of the molecule is Cc1cc2oc(=O)c3c(c2c2c1C(=O)CC(c1cc(F)ccc1F)O2)CCC3. The van der Waals surface area contributed by atoms with Crippen LogP contribution in [0.25, 0.3) is 11.0 Å². The van der Waals surface area contributed by atoms with Gasteiger partial charge in [-0.2, -0.15) is 0 Å². The number of aryl methyl sites for hydroxylation is 2. The number of ether oxygens (including phenoxy) is 1. The largest absolute Gasteiger partial charge is 0.484 e. The van der Waals surface area contributed by atoms with E-state index in [0.717, 1.165) is 30.2 Å². The molecule has 0 N–H and O–H groups in total. The summed E-state index contributed by atoms with van der Waals surface area (Å²) in [6.07, 6.45) is 1.09. The van der Waals surface area contributed by atoms with Gasteiger partial charge >= 0.3 is 5.63 Å². The molecule has 0 bridgehead atoms. The van der Waals surface area contributed by atoms with Gasteiger partial charge in [-0.15, -0.1) is 0 Å². The predicted molar refractivity (Wildman–Crippen MR) is 97.9 cm³/mol. The fourth-order valence-corrected chi connectivity index (χ4v) is 4.38. The molecular formula is C22H16F2O4. The minimum absolute atomic E-state index is 0.00249. The number of benzene rings is 2. The van der Waals surface area contributed by atoms with Crippen molar-refractivity contribution in [1.82, 2.24) is 0 Å². The lowest BCUT2D eigenvalue weighted by molar-refractivity contribution is 0.0847. The van der Waals surface area contributed by atoms with Crippen molar-refractivity contribution in [2.75, 3.05) is 0 Å². The van der Waals surface area contributed by atoms with E-state index in [1.165, 1.54) is 0 Å². The van der Waals surface area contributed by atoms with Crippen molar-refractivity contribution >= 4 is 16.8 Å². The van der Waals surface area contributed by atoms with Crippen molar-refractivity contribution in [2.24, 2.45) is 0 Å². The normalized spacial score (nSPS) is 18.1. The van der Waals surface area contributed by atoms with Gasteiger partial charge in [-0.05, 0) is 61.6 Å². The molecule has 1 atom stereocenters. The number of carbonyl (C=O) groups excluding carboxylic acids is 1. The maximum absolute atomic E-state index is 14.3. The summed E-state index contributed by atoms with van der Waals surface area (Å²) in [5.74, 6) is -1.12. The molecule has 1 unspecified atom stereocenters. The Bertz CT molecular complexity index is 1230. The summed E-state index contributed by atoms with van der Waals surface area (Å²) in [5, 5.41) is 0.600. The molecule has 0 spiro atoms. The van der Waals surface area contributed by atoms with Crippen molar-refractivity contribution in [3.63, 3.8) is 0 Å². The molecule has 2 aromatic carbocycles. The maximum atomic E-state index is 14.3. The Labute approximate surface area is 158 Å². The minimum atomic E-state index is -0.940. The molecule has 2 aliphatic rings. The van der Waals surface area contributed by atoms with Crippen LogP contribution in [-0.2, 0) is 12.8 Å². The van der Waals surface area contributed by atoms with Gasteiger partial charge in [-0.25, -0.2) is 13.6 Å². The lowest BCUT2D eigenvalue weighted by atomic mass is 9.90. The maximum Gasteiger partial charge on any atom is 0.339 e. The molecule has 28 heavy (non-hydrogen) atoms. The molecule has 0 radical (unpaired) electrons. The molecule has 1 aliphatic carbocycles. The number of fused-ring (bicyclic) bond motifs is 5. The van der Waals surface area contributed by atoms with Crippen molar-refractivity contribution in [3.8, 4) is 5.75 Å². The second kappa shape index (κ2) is 5.99. The van der Waals surface area contributed by atoms with E-state index in [4.69, 9.17) is 9.15 Å². The molecule has 3 aromatic rings. The van der Waals surface area contributed by atoms with Crippen molar-refractivity contribution in [1.29, 1.82) is 0 Å². The molecule has 0 saturated heterocycles. The van der Waals surface area contributed by atoms with Gasteiger partial charge in [0, 0.05) is 11.1 Å². The summed E-state index contributed by atoms with van der Waals surface area (Å²) >= 11 is 0. The van der Waals surface area contributed by atoms with Gasteiger partial charge in [0.25, 0.3) is 0 Å². The first-order valence-electron chi connectivity index (χ1n) is 9.21. The summed E-state index contributed by atoms with van der Waals surface area (Å²) in [7, 11) is 0. The van der Waals surface area contributed by atoms with Crippen LogP contribution in [0, 0.1) is 18.6 Å². The molecule has 0 amide bonds. The average Bonchev–Trinajstić information content (AvgIpc) is 3.13. The Morgan fingerprint density at radius 3 is 2.68 bits per heavy atom. The Morgan fingerprint density at radius 1 is 1.07 bits per heavy atom. The van der Waals surface area contributed by atoms with E-state index >= 15 is 0 Å². The van der Waals surface area contributed by atoms with Crippen LogP contribution in [0.4, 0.5) is 8.78 Å². The zero-order chi connectivity index (χ0) is 19.6. The topological polar surface area (TPSA) is 56.5 Å². The van der Waals surface area contributed by atoms with E-state index in [-0.39, 0.29) is 23.4 Å². The van der Waals surface area contributed by atoms with Crippen LogP contribution in [0.15, 0.2) is 33.5 Å². The number of Topliss-reactive ketones (excluding diaryl/α,β-unsaturated/α-hetero) is 1. The number of hydrogen-bond acceptors (Lipinski definition) is 4. The molecule has 142 valence electrons. The molecule has 6 heteroatoms. The zero-order valence-corrected chi connectivity index (χ0v) is 15.1. The first kappa shape index (κ1) is 17.1. The Balaban J connectivity index is 1.77. The van der Waals surface area contributed by atoms with Crippen LogP contribution in [0.1, 0.15) is 51.6 Å². The second-order valence-corrected chi connectivity index (χ2v) is 7.37. The molecule has 1 aliphatic heterocycles. The first-order chi connectivity index (χ1) is 13.4. The van der Waals surface area contributed by atoms with Gasteiger partial charge in [-0.1, -0.05) is 0 Å². The third-order valence-electron chi connectivity index (χ3n) is 5.63. The Hall–Kier alpha value is -3.02. The van der Waals surface area contributed by atoms with E-state index in [0.29, 0.717) is 46.3 Å². The third kappa shape index (κ3) is 2.40. The highest BCUT2D eigenvalue weighted by molar-refractivity contribution is 6.07. The average molecular weight is 382 g/mol. The number of halogens is 2. The molecule has 0 fully saturated rings. The number of hydrogen-bond donors (Lipinski definition) is 0. The Morgan fingerprint density at radius 2 is 1.86 bits per heavy atom. The summed E-state index contributed by atoms with van der Waals surface area (Å²) < 4.78 is 39.6. The number of rotatable bonds is 1. The van der Waals surface area contributed by atoms with E-state index in [1.54, 1.807) is 13.0 Å². The second-order valence-electron chi connectivity index (χ2n) is 7.37. The lowest BCUT2D eigenvalue weighted by Crippen LogP contribution is -2.23. The van der Waals surface area contributed by atoms with E-state index in [2.05, 4.69) is 0 Å². The monoisotopic (exact) mass is 382 g/mol. The van der Waals surface area contributed by atoms with E-state index < -0.39 is 17.7 Å². The number of carbonyl (C=O) groups is 1. The van der Waals surface area contributed by atoms with Crippen LogP contribution in [0.2, 0.25) is 0 Å². The molecule has 4 nitrogen and oxygen atoms in total. The standard InChI is InChI=1S/C22H16F2O4/c1-10-7-18-20(12-3-2-4-13(12)22(26)28-18)21-19(10)16(25)9-17(27-21)14-8-11(23)5-6-15(14)24/h5-8,17H,2-4,9H2,1H3. The molecule has 1 aromatic heterocycles. The summed E-state index contributed by atoms with van der Waals surface area (Å²) in [4.78, 5) is 25.2. The summed E-state index contributed by atoms with van der Waals surface area (Å²) in [6, 6.07) is 4.79. The fourth-order valence-electron chi connectivity index (χ4n) is 4.38. The highest BCUT2D eigenvalue weighted by atomic mass is 19.1. The minimum Gasteiger partial charge on any atom is -0.484 e. The smallest absolute Gasteiger partial charge is 0.339 e. The van der Waals surface area contributed by atoms with E-state index in [9.17, 15) is 18.4 Å². The Kier molecular flexibility index (Phi) is 3.66. The van der Waals surface area contributed by atoms with Gasteiger partial charge in [0.05, 0.1) is 17.4 Å². The predicted octanol–water partition coefficient (Wildman–Crippen LogP) is 4.57. The quantitative estimate of drug-likeness (QED) is 0.579. The van der Waals surface area contributed by atoms with Gasteiger partial charge in [0.15, 0.2) is 5.78 Å². The highest BCUT2D eigenvalue weighted by Gasteiger charge is 2.34. The van der Waals surface area contributed by atoms with Crippen LogP contribution < -0.4 is 10.4 Å². The highest BCUT2D eigenvalue weighted by Crippen LogP contribution is 2.44. The van der Waals surface area contributed by atoms with Gasteiger partial charge < -0.3 is 9.15 Å². The van der Waals surface area contributed by atoms with Crippen molar-refractivity contribution in [2.45, 2.75) is 38.7 Å². The van der Waals surface area contributed by atoms with Crippen LogP contribution in [0.3, 0.4) is 0 Å². The van der Waals surface area contributed by atoms with Crippen LogP contribution >= 0.6 is 0 Å². The molecule has 2 heterocycles. The van der Waals surface area contributed by atoms with Gasteiger partial charge in [0.2, 0.25) is 0 Å².